The number of hydrogen-bond acceptors (Lipinski definition) is 6. The van der Waals surface area contributed by atoms with E-state index >= 15 is 0 Å². The zero-order chi connectivity index (χ0) is 17.9. The Morgan fingerprint density at radius 1 is 1.31 bits per heavy atom. The SMILES string of the molecule is C[C@H](NCc1nc(-c2cccnc2)no1)c1ccc2c(c1)CCC(=O)N2. The van der Waals surface area contributed by atoms with Gasteiger partial charge in [0.25, 0.3) is 0 Å². The Balaban J connectivity index is 1.41. The zero-order valence-electron chi connectivity index (χ0n) is 14.4. The number of carbonyl (C=O) groups is 1. The minimum Gasteiger partial charge on any atom is -0.338 e. The molecule has 0 unspecified atom stereocenters. The molecule has 0 saturated heterocycles. The maximum Gasteiger partial charge on any atom is 0.240 e. The minimum absolute atomic E-state index is 0.0808. The Kier molecular flexibility index (Phi) is 4.45. The second-order valence-corrected chi connectivity index (χ2v) is 6.32. The molecule has 1 amide bonds. The largest absolute Gasteiger partial charge is 0.338 e. The molecule has 4 rings (SSSR count). The molecule has 7 heteroatoms. The minimum atomic E-state index is 0.0808. The fourth-order valence-electron chi connectivity index (χ4n) is 2.97. The highest BCUT2D eigenvalue weighted by Gasteiger charge is 2.17. The van der Waals surface area contributed by atoms with Crippen molar-refractivity contribution in [1.82, 2.24) is 20.4 Å². The second-order valence-electron chi connectivity index (χ2n) is 6.32. The molecule has 0 spiro atoms. The first-order valence-electron chi connectivity index (χ1n) is 8.58. The van der Waals surface area contributed by atoms with E-state index in [2.05, 4.69) is 38.7 Å². The number of fused-ring (bicyclic) bond motifs is 1. The molecule has 132 valence electrons. The molecule has 2 N–H and O–H groups in total. The molecule has 3 heterocycles. The summed E-state index contributed by atoms with van der Waals surface area (Å²) < 4.78 is 5.31. The fraction of sp³-hybridized carbons (Fsp3) is 0.263. The van der Waals surface area contributed by atoms with Gasteiger partial charge >= 0.3 is 0 Å². The molecule has 2 aromatic heterocycles. The summed E-state index contributed by atoms with van der Waals surface area (Å²) in [4.78, 5) is 19.9. The van der Waals surface area contributed by atoms with Crippen LogP contribution in [0.15, 0.2) is 47.2 Å². The Bertz CT molecular complexity index is 923. The highest BCUT2D eigenvalue weighted by molar-refractivity contribution is 5.93. The third-order valence-corrected chi connectivity index (χ3v) is 4.47. The molecular weight excluding hydrogens is 330 g/mol. The maximum absolute atomic E-state index is 11.5. The van der Waals surface area contributed by atoms with Crippen molar-refractivity contribution in [2.45, 2.75) is 32.4 Å². The summed E-state index contributed by atoms with van der Waals surface area (Å²) in [5.74, 6) is 1.14. The smallest absolute Gasteiger partial charge is 0.240 e. The number of amides is 1. The summed E-state index contributed by atoms with van der Waals surface area (Å²) in [6.45, 7) is 2.56. The van der Waals surface area contributed by atoms with Gasteiger partial charge in [0.1, 0.15) is 0 Å². The van der Waals surface area contributed by atoms with Crippen molar-refractivity contribution in [3.8, 4) is 11.4 Å². The summed E-state index contributed by atoms with van der Waals surface area (Å²) in [5, 5.41) is 10.3. The molecule has 1 aliphatic heterocycles. The highest BCUT2D eigenvalue weighted by Crippen LogP contribution is 2.26. The lowest BCUT2D eigenvalue weighted by Gasteiger charge is -2.20. The number of carbonyl (C=O) groups excluding carboxylic acids is 1. The van der Waals surface area contributed by atoms with Crippen LogP contribution in [0.1, 0.15) is 36.4 Å². The van der Waals surface area contributed by atoms with Gasteiger partial charge in [-0.3, -0.25) is 9.78 Å². The van der Waals surface area contributed by atoms with Crippen molar-refractivity contribution in [3.63, 3.8) is 0 Å². The number of aryl methyl sites for hydroxylation is 1. The van der Waals surface area contributed by atoms with Gasteiger partial charge in [-0.2, -0.15) is 4.98 Å². The van der Waals surface area contributed by atoms with Crippen molar-refractivity contribution >= 4 is 11.6 Å². The lowest BCUT2D eigenvalue weighted by atomic mass is 9.98. The monoisotopic (exact) mass is 349 g/mol. The summed E-state index contributed by atoms with van der Waals surface area (Å²) in [6.07, 6.45) is 4.73. The van der Waals surface area contributed by atoms with Gasteiger partial charge in [-0.1, -0.05) is 17.3 Å². The van der Waals surface area contributed by atoms with Crippen molar-refractivity contribution in [1.29, 1.82) is 0 Å². The van der Waals surface area contributed by atoms with E-state index < -0.39 is 0 Å². The van der Waals surface area contributed by atoms with Gasteiger partial charge in [-0.15, -0.1) is 0 Å². The molecule has 0 bridgehead atoms. The summed E-state index contributed by atoms with van der Waals surface area (Å²) in [7, 11) is 0. The first-order chi connectivity index (χ1) is 12.7. The van der Waals surface area contributed by atoms with Crippen LogP contribution < -0.4 is 10.6 Å². The van der Waals surface area contributed by atoms with Crippen LogP contribution >= 0.6 is 0 Å². The van der Waals surface area contributed by atoms with Crippen LogP contribution in [0.25, 0.3) is 11.4 Å². The Morgan fingerprint density at radius 3 is 3.08 bits per heavy atom. The van der Waals surface area contributed by atoms with Crippen molar-refractivity contribution in [2.24, 2.45) is 0 Å². The number of aromatic nitrogens is 3. The van der Waals surface area contributed by atoms with Crippen LogP contribution in [0.3, 0.4) is 0 Å². The zero-order valence-corrected chi connectivity index (χ0v) is 14.4. The van der Waals surface area contributed by atoms with E-state index in [0.717, 1.165) is 23.2 Å². The van der Waals surface area contributed by atoms with Crippen LogP contribution in [0.2, 0.25) is 0 Å². The number of nitrogens with zero attached hydrogens (tertiary/aromatic N) is 3. The standard InChI is InChI=1S/C19H19N5O2/c1-12(13-4-6-16-14(9-13)5-7-17(25)22-16)21-11-18-23-19(24-26-18)15-3-2-8-20-10-15/h2-4,6,8-10,12,21H,5,7,11H2,1H3,(H,22,25)/t12-/m0/s1. The van der Waals surface area contributed by atoms with Crippen LogP contribution in [0.4, 0.5) is 5.69 Å². The summed E-state index contributed by atoms with van der Waals surface area (Å²) in [5.41, 5.74) is 4.07. The van der Waals surface area contributed by atoms with Crippen LogP contribution in [0, 0.1) is 0 Å². The molecular formula is C19H19N5O2. The molecule has 1 aliphatic rings. The molecule has 1 aromatic carbocycles. The topological polar surface area (TPSA) is 92.9 Å². The average Bonchev–Trinajstić information content (AvgIpc) is 3.15. The molecule has 7 nitrogen and oxygen atoms in total. The second kappa shape index (κ2) is 7.05. The lowest BCUT2D eigenvalue weighted by Crippen LogP contribution is -2.21. The van der Waals surface area contributed by atoms with Gasteiger partial charge < -0.3 is 15.2 Å². The lowest BCUT2D eigenvalue weighted by molar-refractivity contribution is -0.116. The van der Waals surface area contributed by atoms with Gasteiger partial charge in [0, 0.05) is 36.1 Å². The predicted octanol–water partition coefficient (Wildman–Crippen LogP) is 2.87. The normalized spacial score (nSPS) is 14.6. The molecule has 0 radical (unpaired) electrons. The predicted molar refractivity (Wildman–Crippen MR) is 96.2 cm³/mol. The molecule has 0 aliphatic carbocycles. The third kappa shape index (κ3) is 3.48. The van der Waals surface area contributed by atoms with E-state index in [0.29, 0.717) is 24.7 Å². The van der Waals surface area contributed by atoms with Gasteiger partial charge in [-0.05, 0) is 42.7 Å². The Labute approximate surface area is 150 Å². The van der Waals surface area contributed by atoms with E-state index in [4.69, 9.17) is 4.52 Å². The van der Waals surface area contributed by atoms with Gasteiger partial charge in [0.2, 0.25) is 17.6 Å². The first-order valence-corrected chi connectivity index (χ1v) is 8.58. The fourth-order valence-corrected chi connectivity index (χ4v) is 2.97. The van der Waals surface area contributed by atoms with E-state index in [1.54, 1.807) is 12.4 Å². The number of benzene rings is 1. The van der Waals surface area contributed by atoms with Crippen molar-refractivity contribution in [3.05, 3.63) is 59.7 Å². The molecule has 3 aromatic rings. The first kappa shape index (κ1) is 16.4. The van der Waals surface area contributed by atoms with Gasteiger partial charge in [0.15, 0.2) is 0 Å². The Morgan fingerprint density at radius 2 is 2.23 bits per heavy atom. The number of nitrogens with one attached hydrogen (secondary N) is 2. The molecule has 0 saturated carbocycles. The van der Waals surface area contributed by atoms with Crippen LogP contribution in [-0.2, 0) is 17.8 Å². The maximum atomic E-state index is 11.5. The molecule has 0 fully saturated rings. The molecule has 1 atom stereocenters. The number of hydrogen-bond donors (Lipinski definition) is 2. The van der Waals surface area contributed by atoms with E-state index in [9.17, 15) is 4.79 Å². The Hall–Kier alpha value is -3.06. The van der Waals surface area contributed by atoms with Crippen LogP contribution in [0.5, 0.6) is 0 Å². The van der Waals surface area contributed by atoms with Gasteiger partial charge in [0.05, 0.1) is 6.54 Å². The van der Waals surface area contributed by atoms with E-state index in [-0.39, 0.29) is 11.9 Å². The van der Waals surface area contributed by atoms with Crippen molar-refractivity contribution < 1.29 is 9.32 Å². The average molecular weight is 349 g/mol. The quantitative estimate of drug-likeness (QED) is 0.736. The summed E-state index contributed by atoms with van der Waals surface area (Å²) in [6, 6.07) is 9.98. The van der Waals surface area contributed by atoms with Gasteiger partial charge in [-0.25, -0.2) is 0 Å². The highest BCUT2D eigenvalue weighted by atomic mass is 16.5. The number of pyridine rings is 1. The van der Waals surface area contributed by atoms with Crippen molar-refractivity contribution in [2.75, 3.05) is 5.32 Å². The summed E-state index contributed by atoms with van der Waals surface area (Å²) >= 11 is 0. The molecule has 26 heavy (non-hydrogen) atoms. The van der Waals surface area contributed by atoms with E-state index in [1.807, 2.05) is 24.3 Å². The number of rotatable bonds is 5. The number of anilines is 1. The van der Waals surface area contributed by atoms with Crippen LogP contribution in [-0.4, -0.2) is 21.0 Å². The third-order valence-electron chi connectivity index (χ3n) is 4.47. The van der Waals surface area contributed by atoms with E-state index in [1.165, 1.54) is 5.56 Å².